The van der Waals surface area contributed by atoms with Gasteiger partial charge < -0.3 is 20.5 Å². The predicted octanol–water partition coefficient (Wildman–Crippen LogP) is 0.558. The number of benzene rings is 1. The topological polar surface area (TPSA) is 93.9 Å². The fourth-order valence-corrected chi connectivity index (χ4v) is 3.05. The largest absolute Gasteiger partial charge is 0.493 e. The van der Waals surface area contributed by atoms with E-state index in [0.717, 1.165) is 18.5 Å². The van der Waals surface area contributed by atoms with Crippen LogP contribution in [0.5, 0.6) is 11.5 Å². The summed E-state index contributed by atoms with van der Waals surface area (Å²) in [5, 5.41) is 2.95. The Bertz CT molecular complexity index is 620. The van der Waals surface area contributed by atoms with Crippen LogP contribution < -0.4 is 20.5 Å². The molecular weight excluding hydrogens is 322 g/mol. The number of primary amides is 1. The van der Waals surface area contributed by atoms with E-state index in [1.54, 1.807) is 14.2 Å². The number of nitrogens with zero attached hydrogens (tertiary/aromatic N) is 1. The third-order valence-electron chi connectivity index (χ3n) is 4.71. The Hall–Kier alpha value is -2.28. The van der Waals surface area contributed by atoms with E-state index in [1.165, 1.54) is 0 Å². The molecule has 0 aromatic heterocycles. The summed E-state index contributed by atoms with van der Waals surface area (Å²) in [4.78, 5) is 25.6. The Morgan fingerprint density at radius 1 is 1.32 bits per heavy atom. The molecule has 1 aromatic carbocycles. The molecule has 2 amide bonds. The molecule has 0 radical (unpaired) electrons. The zero-order chi connectivity index (χ0) is 18.4. The van der Waals surface area contributed by atoms with Crippen molar-refractivity contribution in [3.05, 3.63) is 23.8 Å². The van der Waals surface area contributed by atoms with E-state index in [4.69, 9.17) is 15.2 Å². The number of amides is 2. The van der Waals surface area contributed by atoms with E-state index in [0.29, 0.717) is 31.0 Å². The van der Waals surface area contributed by atoms with Crippen LogP contribution in [-0.2, 0) is 16.0 Å². The van der Waals surface area contributed by atoms with E-state index in [2.05, 4.69) is 5.32 Å². The molecule has 138 valence electrons. The number of hydrogen-bond acceptors (Lipinski definition) is 5. The van der Waals surface area contributed by atoms with Gasteiger partial charge in [0.1, 0.15) is 0 Å². The van der Waals surface area contributed by atoms with Gasteiger partial charge in [-0.3, -0.25) is 14.5 Å². The summed E-state index contributed by atoms with van der Waals surface area (Å²) in [6.07, 6.45) is 1.42. The third kappa shape index (κ3) is 4.85. The Morgan fingerprint density at radius 3 is 2.64 bits per heavy atom. The van der Waals surface area contributed by atoms with Gasteiger partial charge >= 0.3 is 0 Å². The lowest BCUT2D eigenvalue weighted by Crippen LogP contribution is -2.45. The van der Waals surface area contributed by atoms with Gasteiger partial charge in [0.05, 0.1) is 26.2 Å². The lowest BCUT2D eigenvalue weighted by Gasteiger charge is -2.23. The van der Waals surface area contributed by atoms with Crippen molar-refractivity contribution in [2.75, 3.05) is 33.9 Å². The lowest BCUT2D eigenvalue weighted by molar-refractivity contribution is -0.126. The van der Waals surface area contributed by atoms with Crippen molar-refractivity contribution in [2.24, 2.45) is 11.7 Å². The fraction of sp³-hybridized carbons (Fsp3) is 0.556. The molecule has 0 bridgehead atoms. The number of nitrogens with two attached hydrogens (primary N) is 1. The van der Waals surface area contributed by atoms with Gasteiger partial charge in [-0.1, -0.05) is 6.07 Å². The predicted molar refractivity (Wildman–Crippen MR) is 94.6 cm³/mol. The average Bonchev–Trinajstić information content (AvgIpc) is 3.11. The molecule has 1 saturated heterocycles. The number of methoxy groups -OCH3 is 2. The summed E-state index contributed by atoms with van der Waals surface area (Å²) in [5.74, 6) is 0.882. The Labute approximate surface area is 148 Å². The van der Waals surface area contributed by atoms with Crippen molar-refractivity contribution < 1.29 is 19.1 Å². The molecule has 0 unspecified atom stereocenters. The normalized spacial score (nSPS) is 18.6. The lowest BCUT2D eigenvalue weighted by atomic mass is 10.1. The number of nitrogens with one attached hydrogen (secondary N) is 1. The van der Waals surface area contributed by atoms with Crippen LogP contribution in [0.4, 0.5) is 0 Å². The highest BCUT2D eigenvalue weighted by Crippen LogP contribution is 2.27. The quantitative estimate of drug-likeness (QED) is 0.715. The average molecular weight is 349 g/mol. The van der Waals surface area contributed by atoms with Gasteiger partial charge in [0.15, 0.2) is 11.5 Å². The summed E-state index contributed by atoms with van der Waals surface area (Å²) >= 11 is 0. The van der Waals surface area contributed by atoms with Crippen LogP contribution in [0.2, 0.25) is 0 Å². The zero-order valence-electron chi connectivity index (χ0n) is 15.1. The van der Waals surface area contributed by atoms with Crippen LogP contribution >= 0.6 is 0 Å². The summed E-state index contributed by atoms with van der Waals surface area (Å²) < 4.78 is 10.5. The van der Waals surface area contributed by atoms with Crippen LogP contribution in [0.1, 0.15) is 18.9 Å². The fourth-order valence-electron chi connectivity index (χ4n) is 3.05. The van der Waals surface area contributed by atoms with Gasteiger partial charge in [-0.15, -0.1) is 0 Å². The van der Waals surface area contributed by atoms with Crippen LogP contribution in [0, 0.1) is 5.92 Å². The Balaban J connectivity index is 1.81. The van der Waals surface area contributed by atoms with Crippen molar-refractivity contribution >= 4 is 11.8 Å². The summed E-state index contributed by atoms with van der Waals surface area (Å²) in [7, 11) is 3.20. The van der Waals surface area contributed by atoms with Crippen molar-refractivity contribution in [3.8, 4) is 11.5 Å². The Kier molecular flexibility index (Phi) is 6.64. The second-order valence-electron chi connectivity index (χ2n) is 6.29. The third-order valence-corrected chi connectivity index (χ3v) is 4.71. The van der Waals surface area contributed by atoms with Crippen LogP contribution in [0.15, 0.2) is 18.2 Å². The molecule has 7 heteroatoms. The van der Waals surface area contributed by atoms with E-state index in [9.17, 15) is 9.59 Å². The van der Waals surface area contributed by atoms with Gasteiger partial charge in [-0.05, 0) is 44.0 Å². The van der Waals surface area contributed by atoms with E-state index in [1.807, 2.05) is 30.0 Å². The first-order valence-electron chi connectivity index (χ1n) is 8.48. The van der Waals surface area contributed by atoms with Gasteiger partial charge in [0.2, 0.25) is 11.8 Å². The minimum Gasteiger partial charge on any atom is -0.493 e. The monoisotopic (exact) mass is 349 g/mol. The molecule has 1 fully saturated rings. The minimum absolute atomic E-state index is 0.0365. The molecule has 0 saturated carbocycles. The van der Waals surface area contributed by atoms with E-state index < -0.39 is 0 Å². The van der Waals surface area contributed by atoms with Crippen LogP contribution in [0.25, 0.3) is 0 Å². The molecule has 1 aliphatic rings. The van der Waals surface area contributed by atoms with Crippen molar-refractivity contribution in [1.82, 2.24) is 10.2 Å². The molecule has 1 heterocycles. The maximum atomic E-state index is 12.3. The summed E-state index contributed by atoms with van der Waals surface area (Å²) in [5.41, 5.74) is 6.40. The van der Waals surface area contributed by atoms with Crippen LogP contribution in [-0.4, -0.2) is 56.6 Å². The highest BCUT2D eigenvalue weighted by Gasteiger charge is 2.31. The number of hydrogen-bond donors (Lipinski definition) is 2. The van der Waals surface area contributed by atoms with E-state index in [-0.39, 0.29) is 23.8 Å². The molecule has 0 aliphatic carbocycles. The SMILES string of the molecule is COc1ccc(CCNC(=O)[C@H](C)N2CC[C@@H](C(N)=O)C2)cc1OC. The molecule has 1 aromatic rings. The maximum absolute atomic E-state index is 12.3. The zero-order valence-corrected chi connectivity index (χ0v) is 15.1. The standard InChI is InChI=1S/C18H27N3O4/c1-12(21-9-7-14(11-21)17(19)22)18(23)20-8-6-13-4-5-15(24-2)16(10-13)25-3/h4-5,10,12,14H,6-9,11H2,1-3H3,(H2,19,22)(H,20,23)/t12-,14+/m0/s1. The highest BCUT2D eigenvalue weighted by molar-refractivity contribution is 5.82. The highest BCUT2D eigenvalue weighted by atomic mass is 16.5. The molecule has 0 spiro atoms. The van der Waals surface area contributed by atoms with Gasteiger partial charge in [-0.2, -0.15) is 0 Å². The van der Waals surface area contributed by atoms with Gasteiger partial charge in [-0.25, -0.2) is 0 Å². The minimum atomic E-state index is -0.288. The van der Waals surface area contributed by atoms with Gasteiger partial charge in [0.25, 0.3) is 0 Å². The van der Waals surface area contributed by atoms with E-state index >= 15 is 0 Å². The maximum Gasteiger partial charge on any atom is 0.237 e. The molecule has 1 aliphatic heterocycles. The Morgan fingerprint density at radius 2 is 2.04 bits per heavy atom. The molecule has 25 heavy (non-hydrogen) atoms. The van der Waals surface area contributed by atoms with Crippen molar-refractivity contribution in [2.45, 2.75) is 25.8 Å². The molecule has 3 N–H and O–H groups in total. The molecule has 2 rings (SSSR count). The summed E-state index contributed by atoms with van der Waals surface area (Å²) in [6, 6.07) is 5.45. The first-order valence-corrected chi connectivity index (χ1v) is 8.48. The second kappa shape index (κ2) is 8.71. The number of carbonyl (C=O) groups excluding carboxylic acids is 2. The smallest absolute Gasteiger partial charge is 0.237 e. The van der Waals surface area contributed by atoms with Crippen molar-refractivity contribution in [1.29, 1.82) is 0 Å². The number of likely N-dealkylation sites (tertiary alicyclic amines) is 1. The molecule has 7 nitrogen and oxygen atoms in total. The summed E-state index contributed by atoms with van der Waals surface area (Å²) in [6.45, 7) is 3.67. The van der Waals surface area contributed by atoms with Crippen LogP contribution in [0.3, 0.4) is 0 Å². The molecular formula is C18H27N3O4. The number of rotatable bonds is 8. The van der Waals surface area contributed by atoms with Gasteiger partial charge in [0, 0.05) is 13.1 Å². The number of carbonyl (C=O) groups is 2. The second-order valence-corrected chi connectivity index (χ2v) is 6.29. The first-order chi connectivity index (χ1) is 12.0. The first kappa shape index (κ1) is 19.1. The molecule has 2 atom stereocenters. The number of ether oxygens (including phenoxy) is 2. The van der Waals surface area contributed by atoms with Crippen molar-refractivity contribution in [3.63, 3.8) is 0 Å².